The lowest BCUT2D eigenvalue weighted by molar-refractivity contribution is -0.137. The van der Waals surface area contributed by atoms with Gasteiger partial charge in [0.05, 0.1) is 23.5 Å². The number of likely N-dealkylation sites (tertiary alicyclic amines) is 1. The summed E-state index contributed by atoms with van der Waals surface area (Å²) in [7, 11) is 2.11. The molecular formula is C28H37F3N4O2. The third kappa shape index (κ3) is 6.80. The molecule has 1 spiro atoms. The molecule has 1 aromatic heterocycles. The minimum atomic E-state index is -4.39. The van der Waals surface area contributed by atoms with Gasteiger partial charge in [0.1, 0.15) is 11.6 Å². The summed E-state index contributed by atoms with van der Waals surface area (Å²) >= 11 is 0. The molecule has 1 saturated carbocycles. The maximum Gasteiger partial charge on any atom is 0.416 e. The van der Waals surface area contributed by atoms with Gasteiger partial charge in [-0.25, -0.2) is 4.98 Å². The van der Waals surface area contributed by atoms with Crippen LogP contribution in [0.5, 0.6) is 0 Å². The Morgan fingerprint density at radius 3 is 2.51 bits per heavy atom. The van der Waals surface area contributed by atoms with E-state index in [1.165, 1.54) is 12.1 Å². The predicted octanol–water partition coefficient (Wildman–Crippen LogP) is 5.91. The monoisotopic (exact) mass is 518 g/mol. The molecule has 2 aromatic rings. The number of nitrogens with one attached hydrogen (secondary N) is 2. The fraction of sp³-hybridized carbons (Fsp3) is 0.607. The number of benzene rings is 1. The molecule has 2 fully saturated rings. The normalized spacial score (nSPS) is 20.1. The zero-order valence-corrected chi connectivity index (χ0v) is 21.7. The van der Waals surface area contributed by atoms with Crippen LogP contribution < -0.4 is 5.32 Å². The van der Waals surface area contributed by atoms with E-state index in [2.05, 4.69) is 27.2 Å². The average Bonchev–Trinajstić information content (AvgIpc) is 3.35. The Morgan fingerprint density at radius 1 is 1.16 bits per heavy atom. The van der Waals surface area contributed by atoms with Crippen molar-refractivity contribution in [3.63, 3.8) is 0 Å². The summed E-state index contributed by atoms with van der Waals surface area (Å²) < 4.78 is 38.8. The van der Waals surface area contributed by atoms with Gasteiger partial charge in [0, 0.05) is 18.8 Å². The third-order valence-electron chi connectivity index (χ3n) is 8.10. The number of rotatable bonds is 11. The molecule has 1 aliphatic heterocycles. The van der Waals surface area contributed by atoms with Crippen LogP contribution in [0.2, 0.25) is 0 Å². The number of aromatic nitrogens is 2. The lowest BCUT2D eigenvalue weighted by Gasteiger charge is -2.30. The van der Waals surface area contributed by atoms with Crippen molar-refractivity contribution < 1.29 is 22.8 Å². The van der Waals surface area contributed by atoms with E-state index in [0.29, 0.717) is 36.3 Å². The largest absolute Gasteiger partial charge is 0.416 e. The van der Waals surface area contributed by atoms with Gasteiger partial charge >= 0.3 is 6.18 Å². The number of piperidine rings is 1. The van der Waals surface area contributed by atoms with Gasteiger partial charge in [0.15, 0.2) is 0 Å². The number of aromatic amines is 1. The topological polar surface area (TPSA) is 78.1 Å². The molecule has 2 N–H and O–H groups in total. The van der Waals surface area contributed by atoms with Crippen molar-refractivity contribution in [2.24, 2.45) is 11.3 Å². The maximum absolute atomic E-state index is 13.3. The molecule has 1 aromatic carbocycles. The van der Waals surface area contributed by atoms with E-state index in [4.69, 9.17) is 0 Å². The SMILES string of the molecule is CCC(=O)CCCCC[C@H](NC(=O)[C@H]1CC12CCN(C)CC2)c1ncc(-c2ccc(C(F)(F)F)cc2)[nH]1. The molecule has 0 radical (unpaired) electrons. The Hall–Kier alpha value is -2.68. The van der Waals surface area contributed by atoms with Crippen LogP contribution in [-0.4, -0.2) is 46.7 Å². The lowest BCUT2D eigenvalue weighted by Crippen LogP contribution is -2.36. The first-order valence-corrected chi connectivity index (χ1v) is 13.3. The minimum Gasteiger partial charge on any atom is -0.346 e. The van der Waals surface area contributed by atoms with E-state index >= 15 is 0 Å². The van der Waals surface area contributed by atoms with Crippen LogP contribution in [0.3, 0.4) is 0 Å². The number of Topliss-reactive ketones (excluding diaryl/α,β-unsaturated/α-hetero) is 1. The van der Waals surface area contributed by atoms with Gasteiger partial charge in [0.2, 0.25) is 5.91 Å². The number of halogens is 3. The second-order valence-electron chi connectivity index (χ2n) is 10.7. The van der Waals surface area contributed by atoms with E-state index in [1.54, 1.807) is 6.20 Å². The average molecular weight is 519 g/mol. The number of carbonyl (C=O) groups is 2. The van der Waals surface area contributed by atoms with E-state index < -0.39 is 11.7 Å². The number of H-pyrrole nitrogens is 1. The molecule has 2 heterocycles. The first-order chi connectivity index (χ1) is 17.6. The van der Waals surface area contributed by atoms with Crippen LogP contribution in [0.1, 0.15) is 82.1 Å². The quantitative estimate of drug-likeness (QED) is 0.362. The lowest BCUT2D eigenvalue weighted by atomic mass is 9.91. The van der Waals surface area contributed by atoms with Gasteiger partial charge in [-0.15, -0.1) is 0 Å². The smallest absolute Gasteiger partial charge is 0.346 e. The molecular weight excluding hydrogens is 481 g/mol. The Labute approximate surface area is 216 Å². The highest BCUT2D eigenvalue weighted by Gasteiger charge is 2.58. The number of carbonyl (C=O) groups excluding carboxylic acids is 2. The van der Waals surface area contributed by atoms with Crippen molar-refractivity contribution >= 4 is 11.7 Å². The van der Waals surface area contributed by atoms with Crippen molar-refractivity contribution in [3.8, 4) is 11.3 Å². The minimum absolute atomic E-state index is 0.0234. The first-order valence-electron chi connectivity index (χ1n) is 13.3. The zero-order valence-electron chi connectivity index (χ0n) is 21.7. The van der Waals surface area contributed by atoms with Gasteiger partial charge in [-0.1, -0.05) is 31.9 Å². The number of ketones is 1. The molecule has 202 valence electrons. The highest BCUT2D eigenvalue weighted by molar-refractivity contribution is 5.83. The number of unbranched alkanes of at least 4 members (excludes halogenated alkanes) is 2. The zero-order chi connectivity index (χ0) is 26.6. The number of hydrogen-bond donors (Lipinski definition) is 2. The van der Waals surface area contributed by atoms with Gasteiger partial charge < -0.3 is 15.2 Å². The van der Waals surface area contributed by atoms with Crippen molar-refractivity contribution in [1.29, 1.82) is 0 Å². The summed E-state index contributed by atoms with van der Waals surface area (Å²) in [5.41, 5.74) is 0.628. The van der Waals surface area contributed by atoms with E-state index in [9.17, 15) is 22.8 Å². The summed E-state index contributed by atoms with van der Waals surface area (Å²) in [6.07, 6.45) is 4.55. The molecule has 2 atom stereocenters. The summed E-state index contributed by atoms with van der Waals surface area (Å²) in [4.78, 5) is 34.9. The third-order valence-corrected chi connectivity index (χ3v) is 8.10. The van der Waals surface area contributed by atoms with Gasteiger partial charge in [-0.05, 0) is 75.4 Å². The molecule has 1 aliphatic carbocycles. The Bertz CT molecular complexity index is 1070. The summed E-state index contributed by atoms with van der Waals surface area (Å²) in [6, 6.07) is 4.64. The van der Waals surface area contributed by atoms with Crippen molar-refractivity contribution in [3.05, 3.63) is 41.9 Å². The number of hydrogen-bond acceptors (Lipinski definition) is 4. The summed E-state index contributed by atoms with van der Waals surface area (Å²) in [6.45, 7) is 3.89. The number of imidazole rings is 1. The second kappa shape index (κ2) is 11.4. The highest BCUT2D eigenvalue weighted by Crippen LogP contribution is 2.59. The molecule has 1 amide bonds. The standard InChI is InChI=1S/C28H37F3N4O2/c1-3-21(36)7-5-4-6-8-23(34-26(37)22-17-27(22)13-15-35(2)16-14-27)25-32-18-24(33-25)19-9-11-20(12-10-19)28(29,30)31/h9-12,18,22-23H,3-8,13-17H2,1-2H3,(H,32,33)(H,34,37)/t22-,23+/m1/s1. The predicted molar refractivity (Wildman–Crippen MR) is 136 cm³/mol. The summed E-state index contributed by atoms with van der Waals surface area (Å²) in [5.74, 6) is 0.943. The molecule has 37 heavy (non-hydrogen) atoms. The van der Waals surface area contributed by atoms with E-state index in [0.717, 1.165) is 63.7 Å². The molecule has 6 nitrogen and oxygen atoms in total. The highest BCUT2D eigenvalue weighted by atomic mass is 19.4. The van der Waals surface area contributed by atoms with Crippen LogP contribution in [0.15, 0.2) is 30.5 Å². The van der Waals surface area contributed by atoms with Crippen LogP contribution in [-0.2, 0) is 15.8 Å². The van der Waals surface area contributed by atoms with Gasteiger partial charge in [0.25, 0.3) is 0 Å². The van der Waals surface area contributed by atoms with Gasteiger partial charge in [-0.2, -0.15) is 13.2 Å². The molecule has 9 heteroatoms. The molecule has 0 bridgehead atoms. The maximum atomic E-state index is 13.3. The Morgan fingerprint density at radius 2 is 1.86 bits per heavy atom. The van der Waals surface area contributed by atoms with Crippen LogP contribution in [0, 0.1) is 11.3 Å². The van der Waals surface area contributed by atoms with E-state index in [1.807, 2.05) is 6.92 Å². The van der Waals surface area contributed by atoms with Crippen LogP contribution >= 0.6 is 0 Å². The summed E-state index contributed by atoms with van der Waals surface area (Å²) in [5, 5.41) is 3.22. The Kier molecular flexibility index (Phi) is 8.41. The fourth-order valence-electron chi connectivity index (χ4n) is 5.41. The number of nitrogens with zero attached hydrogens (tertiary/aromatic N) is 2. The van der Waals surface area contributed by atoms with Crippen LogP contribution in [0.4, 0.5) is 13.2 Å². The van der Waals surface area contributed by atoms with Gasteiger partial charge in [-0.3, -0.25) is 9.59 Å². The first kappa shape index (κ1) is 27.4. The number of amides is 1. The molecule has 0 unspecified atom stereocenters. The molecule has 2 aliphatic rings. The second-order valence-corrected chi connectivity index (χ2v) is 10.7. The van der Waals surface area contributed by atoms with Crippen molar-refractivity contribution in [2.45, 2.75) is 76.9 Å². The number of alkyl halides is 3. The fourth-order valence-corrected chi connectivity index (χ4v) is 5.41. The molecule has 1 saturated heterocycles. The van der Waals surface area contributed by atoms with Crippen molar-refractivity contribution in [1.82, 2.24) is 20.2 Å². The van der Waals surface area contributed by atoms with E-state index in [-0.39, 0.29) is 29.1 Å². The van der Waals surface area contributed by atoms with Crippen molar-refractivity contribution in [2.75, 3.05) is 20.1 Å². The van der Waals surface area contributed by atoms with Crippen LogP contribution in [0.25, 0.3) is 11.3 Å². The molecule has 4 rings (SSSR count). The Balaban J connectivity index is 1.42.